The van der Waals surface area contributed by atoms with Gasteiger partial charge in [-0.2, -0.15) is 0 Å². The van der Waals surface area contributed by atoms with Crippen molar-refractivity contribution in [2.75, 3.05) is 31.2 Å². The van der Waals surface area contributed by atoms with Gasteiger partial charge in [-0.25, -0.2) is 39.6 Å². The minimum atomic E-state index is -4.19. The van der Waals surface area contributed by atoms with Crippen LogP contribution < -0.4 is 21.1 Å². The van der Waals surface area contributed by atoms with Gasteiger partial charge in [-0.15, -0.1) is 0 Å². The van der Waals surface area contributed by atoms with E-state index in [0.717, 1.165) is 32.1 Å². The Bertz CT molecular complexity index is 2320. The summed E-state index contributed by atoms with van der Waals surface area (Å²) in [5, 5.41) is 52.8. The summed E-state index contributed by atoms with van der Waals surface area (Å²) in [4.78, 5) is 36.3. The van der Waals surface area contributed by atoms with Crippen molar-refractivity contribution < 1.29 is 58.2 Å². The zero-order chi connectivity index (χ0) is 42.7. The lowest BCUT2D eigenvalue weighted by Crippen LogP contribution is -2.35. The number of aliphatic hydroxyl groups excluding tert-OH is 5. The first kappa shape index (κ1) is 43.7. The predicted octanol–water partition coefficient (Wildman–Crippen LogP) is 1.02. The molecule has 3 fully saturated rings. The molecule has 4 aromatic heterocycles. The number of nitrogens with two attached hydrogens (primary N) is 2. The number of ether oxygens (including phenoxy) is 3. The summed E-state index contributed by atoms with van der Waals surface area (Å²) in [6.45, 7) is -1.35. The fourth-order valence-corrected chi connectivity index (χ4v) is 8.69. The molecule has 60 heavy (non-hydrogen) atoms. The Morgan fingerprint density at radius 2 is 1.35 bits per heavy atom. The predicted molar refractivity (Wildman–Crippen MR) is 210 cm³/mol. The topological polar surface area (TPSA) is 333 Å². The molecule has 0 radical (unpaired) electrons. The number of hydrogen-bond donors (Lipinski definition) is 8. The van der Waals surface area contributed by atoms with Gasteiger partial charge in [0.15, 0.2) is 46.4 Å². The number of anilines is 2. The highest BCUT2D eigenvalue weighted by Gasteiger charge is 2.47. The van der Waals surface area contributed by atoms with Crippen molar-refractivity contribution in [1.29, 1.82) is 0 Å². The molecule has 26 heteroatoms. The number of rotatable bonds is 12. The van der Waals surface area contributed by atoms with Crippen LogP contribution in [0.3, 0.4) is 0 Å². The van der Waals surface area contributed by atoms with Gasteiger partial charge in [0.05, 0.1) is 13.2 Å². The maximum atomic E-state index is 13.7. The molecule has 3 unspecified atom stereocenters. The lowest BCUT2D eigenvalue weighted by molar-refractivity contribution is -0.149. The van der Waals surface area contributed by atoms with Crippen LogP contribution in [0.5, 0.6) is 5.75 Å². The summed E-state index contributed by atoms with van der Waals surface area (Å²) in [7, 11) is -4.19. The summed E-state index contributed by atoms with van der Waals surface area (Å²) >= 11 is 12.3. The summed E-state index contributed by atoms with van der Waals surface area (Å²) in [6.07, 6.45) is -2.88. The quantitative estimate of drug-likeness (QED) is 0.0492. The van der Waals surface area contributed by atoms with Gasteiger partial charge in [0.1, 0.15) is 67.7 Å². The number of aromatic nitrogens is 8. The number of aliphatic hydroxyl groups is 5. The molecule has 8 rings (SSSR count). The van der Waals surface area contributed by atoms with Gasteiger partial charge in [0.25, 0.3) is 0 Å². The van der Waals surface area contributed by atoms with E-state index in [1.807, 2.05) is 0 Å². The Hall–Kier alpha value is -4.36. The van der Waals surface area contributed by atoms with Crippen molar-refractivity contribution in [3.63, 3.8) is 0 Å². The molecule has 5 aromatic rings. The average molecular weight is 899 g/mol. The Balaban J connectivity index is 0.000000227. The lowest BCUT2D eigenvalue weighted by atomic mass is 9.98. The zero-order valence-electron chi connectivity index (χ0n) is 31.4. The molecule has 10 N–H and O–H groups in total. The third-order valence-electron chi connectivity index (χ3n) is 9.93. The van der Waals surface area contributed by atoms with Crippen molar-refractivity contribution in [3.05, 3.63) is 53.6 Å². The Morgan fingerprint density at radius 3 is 1.88 bits per heavy atom. The molecule has 9 atom stereocenters. The molecule has 6 heterocycles. The van der Waals surface area contributed by atoms with E-state index in [1.54, 1.807) is 30.3 Å². The van der Waals surface area contributed by atoms with Gasteiger partial charge in [0, 0.05) is 0 Å². The van der Waals surface area contributed by atoms with Gasteiger partial charge in [-0.1, -0.05) is 24.6 Å². The Morgan fingerprint density at radius 1 is 0.817 bits per heavy atom. The average Bonchev–Trinajstić information content (AvgIpc) is 3.94. The number of nitrogens with zero attached hydrogens (tertiary/aromatic N) is 8. The van der Waals surface area contributed by atoms with Crippen LogP contribution in [0.4, 0.5) is 11.6 Å². The van der Waals surface area contributed by atoms with Crippen molar-refractivity contribution in [2.45, 2.75) is 87.3 Å². The monoisotopic (exact) mass is 897 g/mol. The number of para-hydroxylation sites is 1. The summed E-state index contributed by atoms with van der Waals surface area (Å²) in [5.41, 5.74) is 12.5. The van der Waals surface area contributed by atoms with Gasteiger partial charge in [-0.3, -0.25) is 18.5 Å². The van der Waals surface area contributed by atoms with Crippen molar-refractivity contribution in [1.82, 2.24) is 44.1 Å². The van der Waals surface area contributed by atoms with Crippen molar-refractivity contribution >= 4 is 70.9 Å². The molecule has 324 valence electrons. The second kappa shape index (κ2) is 18.7. The number of carbonyl (C=O) groups is 1. The van der Waals surface area contributed by atoms with Crippen LogP contribution in [-0.4, -0.2) is 133 Å². The van der Waals surface area contributed by atoms with Crippen LogP contribution in [-0.2, 0) is 28.1 Å². The van der Waals surface area contributed by atoms with Gasteiger partial charge < -0.3 is 55.7 Å². The van der Waals surface area contributed by atoms with E-state index < -0.39 is 82.6 Å². The Labute approximate surface area is 350 Å². The van der Waals surface area contributed by atoms with Crippen LogP contribution >= 0.6 is 30.9 Å². The number of esters is 1. The highest BCUT2D eigenvalue weighted by atomic mass is 35.5. The lowest BCUT2D eigenvalue weighted by Gasteiger charge is -2.24. The molecule has 1 saturated carbocycles. The normalized spacial score (nSPS) is 26.8. The number of nitrogen functional groups attached to an aromatic ring is 2. The van der Waals surface area contributed by atoms with E-state index in [2.05, 4.69) is 35.0 Å². The molecular weight excluding hydrogens is 856 g/mol. The molecule has 2 saturated heterocycles. The first-order valence-corrected chi connectivity index (χ1v) is 20.9. The number of imidazole rings is 2. The first-order chi connectivity index (χ1) is 28.8. The summed E-state index contributed by atoms with van der Waals surface area (Å²) < 4.78 is 44.2. The largest absolute Gasteiger partial charge is 0.461 e. The fraction of sp³-hybridized carbons (Fsp3) is 0.500. The van der Waals surface area contributed by atoms with Gasteiger partial charge in [0.2, 0.25) is 10.6 Å². The molecular formula is C34H42Cl2N11O12P. The zero-order valence-corrected chi connectivity index (χ0v) is 33.8. The molecule has 2 aliphatic heterocycles. The first-order valence-electron chi connectivity index (χ1n) is 18.6. The van der Waals surface area contributed by atoms with E-state index in [-0.39, 0.29) is 56.4 Å². The Kier molecular flexibility index (Phi) is 13.6. The number of benzene rings is 1. The van der Waals surface area contributed by atoms with E-state index >= 15 is 0 Å². The van der Waals surface area contributed by atoms with E-state index in [0.29, 0.717) is 0 Å². The van der Waals surface area contributed by atoms with Crippen molar-refractivity contribution in [2.24, 2.45) is 0 Å². The minimum Gasteiger partial charge on any atom is -0.461 e. The SMILES string of the molecule is Nc1ncnc2c1nc(Cl)n2[C@@H]1O[C@H](CO)C(O)[C@@H]1O.Nc1ncnc2c1nc(Cl)n2[C@@H]1O[C@H](COP(=O)(NCC(=O)OC2CCCCC2)Oc2ccccc2)C(O)[C@@H]1O. The van der Waals surface area contributed by atoms with Gasteiger partial charge in [-0.05, 0) is 61.0 Å². The smallest absolute Gasteiger partial charge is 0.459 e. The van der Waals surface area contributed by atoms with Gasteiger partial charge >= 0.3 is 13.7 Å². The number of carbonyl (C=O) groups excluding carboxylic acids is 1. The fourth-order valence-electron chi connectivity index (χ4n) is 6.89. The molecule has 1 aromatic carbocycles. The maximum Gasteiger partial charge on any atom is 0.459 e. The van der Waals surface area contributed by atoms with Crippen LogP contribution in [0.15, 0.2) is 43.0 Å². The molecule has 1 aliphatic carbocycles. The van der Waals surface area contributed by atoms with E-state index in [1.165, 1.54) is 21.8 Å². The third kappa shape index (κ3) is 9.27. The maximum absolute atomic E-state index is 13.7. The van der Waals surface area contributed by atoms with Crippen LogP contribution in [0.2, 0.25) is 10.6 Å². The second-order valence-electron chi connectivity index (χ2n) is 13.9. The van der Waals surface area contributed by atoms with E-state index in [9.17, 15) is 29.8 Å². The molecule has 0 amide bonds. The summed E-state index contributed by atoms with van der Waals surface area (Å²) in [5.74, 6) is -0.158. The number of fused-ring (bicyclic) bond motifs is 2. The second-order valence-corrected chi connectivity index (χ2v) is 16.3. The highest BCUT2D eigenvalue weighted by molar-refractivity contribution is 7.52. The van der Waals surface area contributed by atoms with Crippen LogP contribution in [0, 0.1) is 0 Å². The van der Waals surface area contributed by atoms with E-state index in [4.69, 9.17) is 63.0 Å². The van der Waals surface area contributed by atoms with Crippen molar-refractivity contribution in [3.8, 4) is 5.75 Å². The van der Waals surface area contributed by atoms with Crippen LogP contribution in [0.1, 0.15) is 44.6 Å². The standard InChI is InChI=1S/C24H30ClN6O8P.C10H12ClN5O4/c25-24-30-18-21(26)27-13-28-22(18)31(24)23-20(34)19(33)16(38-23)12-36-40(35,39-15-9-5-2-6-10-15)29-11-17(32)37-14-7-3-1-4-8-14;11-10-15-4-7(12)13-2-14-8(4)16(10)9-6(19)5(18)3(1-17)20-9/h2,5-6,9-10,13-14,16,19-20,23,33-34H,1,3-4,7-8,11-12H2,(H,29,35)(H2,26,27,28);2-3,5-6,9,17-19H,1H2,(H2,12,13,14)/t16-,19?,20+,23-,40?;3-,5?,6+,9-/m11/s1. The number of halogens is 2. The number of nitrogens with one attached hydrogen (secondary N) is 1. The highest BCUT2D eigenvalue weighted by Crippen LogP contribution is 2.46. The molecule has 0 spiro atoms. The molecule has 0 bridgehead atoms. The third-order valence-corrected chi connectivity index (χ3v) is 12.0. The van der Waals surface area contributed by atoms with Crippen LogP contribution in [0.25, 0.3) is 22.3 Å². The number of hydrogen-bond acceptors (Lipinski definition) is 20. The minimum absolute atomic E-state index is 0.0120. The molecule has 23 nitrogen and oxygen atoms in total. The summed E-state index contributed by atoms with van der Waals surface area (Å²) in [6, 6.07) is 8.24. The molecule has 3 aliphatic rings.